The molecule has 4 heteroatoms. The van der Waals surface area contributed by atoms with Crippen molar-refractivity contribution in [3.63, 3.8) is 0 Å². The Bertz CT molecular complexity index is 558. The molecule has 1 amide bonds. The number of benzene rings is 1. The average molecular weight is 258 g/mol. The third kappa shape index (κ3) is 2.49. The van der Waals surface area contributed by atoms with E-state index in [0.29, 0.717) is 5.76 Å². The molecule has 0 aliphatic carbocycles. The van der Waals surface area contributed by atoms with Crippen molar-refractivity contribution < 1.29 is 9.21 Å². The SMILES string of the molecule is CN1CCCN(C(=O)c2cc3ccccc3o2)CC1. The fraction of sp³-hybridized carbons (Fsp3) is 0.400. The highest BCUT2D eigenvalue weighted by Crippen LogP contribution is 2.20. The summed E-state index contributed by atoms with van der Waals surface area (Å²) in [7, 11) is 2.09. The van der Waals surface area contributed by atoms with E-state index in [4.69, 9.17) is 4.42 Å². The zero-order valence-corrected chi connectivity index (χ0v) is 11.1. The first-order valence-corrected chi connectivity index (χ1v) is 6.70. The zero-order chi connectivity index (χ0) is 13.2. The highest BCUT2D eigenvalue weighted by atomic mass is 16.3. The van der Waals surface area contributed by atoms with Gasteiger partial charge in [0.1, 0.15) is 5.58 Å². The summed E-state index contributed by atoms with van der Waals surface area (Å²) < 4.78 is 5.65. The maximum absolute atomic E-state index is 12.4. The second kappa shape index (κ2) is 5.05. The normalized spacial score (nSPS) is 17.6. The van der Waals surface area contributed by atoms with Crippen molar-refractivity contribution in [2.24, 2.45) is 0 Å². The lowest BCUT2D eigenvalue weighted by Crippen LogP contribution is -2.34. The van der Waals surface area contributed by atoms with Gasteiger partial charge in [0.2, 0.25) is 0 Å². The molecular weight excluding hydrogens is 240 g/mol. The summed E-state index contributed by atoms with van der Waals surface area (Å²) in [4.78, 5) is 16.6. The maximum Gasteiger partial charge on any atom is 0.289 e. The Labute approximate surface area is 112 Å². The number of nitrogens with zero attached hydrogens (tertiary/aromatic N) is 2. The van der Waals surface area contributed by atoms with Gasteiger partial charge in [0.25, 0.3) is 5.91 Å². The first kappa shape index (κ1) is 12.2. The Morgan fingerprint density at radius 3 is 2.84 bits per heavy atom. The third-order valence-corrected chi connectivity index (χ3v) is 3.64. The van der Waals surface area contributed by atoms with Gasteiger partial charge in [0.15, 0.2) is 5.76 Å². The van der Waals surface area contributed by atoms with Crippen LogP contribution in [0.1, 0.15) is 17.0 Å². The number of likely N-dealkylation sites (N-methyl/N-ethyl adjacent to an activating group) is 1. The molecule has 1 aromatic carbocycles. The molecule has 2 heterocycles. The Hall–Kier alpha value is -1.81. The van der Waals surface area contributed by atoms with Crippen molar-refractivity contribution in [2.75, 3.05) is 33.2 Å². The van der Waals surface area contributed by atoms with Gasteiger partial charge < -0.3 is 14.2 Å². The predicted molar refractivity (Wildman–Crippen MR) is 74.2 cm³/mol. The first-order chi connectivity index (χ1) is 9.24. The van der Waals surface area contributed by atoms with E-state index >= 15 is 0 Å². The topological polar surface area (TPSA) is 36.7 Å². The number of furan rings is 1. The standard InChI is InChI=1S/C15H18N2O2/c1-16-7-4-8-17(10-9-16)15(18)14-11-12-5-2-3-6-13(12)19-14/h2-3,5-6,11H,4,7-10H2,1H3. The van der Waals surface area contributed by atoms with Gasteiger partial charge in [0.05, 0.1) is 0 Å². The summed E-state index contributed by atoms with van der Waals surface area (Å²) in [5, 5.41) is 0.984. The summed E-state index contributed by atoms with van der Waals surface area (Å²) in [6, 6.07) is 9.56. The van der Waals surface area contributed by atoms with Gasteiger partial charge in [-0.25, -0.2) is 0 Å². The number of carbonyl (C=O) groups is 1. The summed E-state index contributed by atoms with van der Waals surface area (Å²) in [5.74, 6) is 0.456. The van der Waals surface area contributed by atoms with Crippen molar-refractivity contribution >= 4 is 16.9 Å². The van der Waals surface area contributed by atoms with Crippen LogP contribution in [0.15, 0.2) is 34.7 Å². The van der Waals surface area contributed by atoms with Crippen molar-refractivity contribution in [1.82, 2.24) is 9.80 Å². The van der Waals surface area contributed by atoms with E-state index < -0.39 is 0 Å². The van der Waals surface area contributed by atoms with Crippen LogP contribution in [0, 0.1) is 0 Å². The highest BCUT2D eigenvalue weighted by Gasteiger charge is 2.21. The molecule has 0 unspecified atom stereocenters. The molecule has 0 atom stereocenters. The molecule has 1 aliphatic rings. The molecule has 1 aromatic heterocycles. The van der Waals surface area contributed by atoms with E-state index in [2.05, 4.69) is 11.9 Å². The first-order valence-electron chi connectivity index (χ1n) is 6.70. The molecular formula is C15H18N2O2. The van der Waals surface area contributed by atoms with Gasteiger partial charge in [-0.1, -0.05) is 18.2 Å². The average Bonchev–Trinajstić information content (AvgIpc) is 2.74. The Morgan fingerprint density at radius 2 is 2.00 bits per heavy atom. The monoisotopic (exact) mass is 258 g/mol. The third-order valence-electron chi connectivity index (χ3n) is 3.64. The molecule has 1 fully saturated rings. The Morgan fingerprint density at radius 1 is 1.16 bits per heavy atom. The van der Waals surface area contributed by atoms with Crippen LogP contribution in [-0.4, -0.2) is 48.9 Å². The van der Waals surface area contributed by atoms with E-state index in [1.165, 1.54) is 0 Å². The van der Waals surface area contributed by atoms with E-state index in [1.807, 2.05) is 35.2 Å². The number of carbonyl (C=O) groups excluding carboxylic acids is 1. The van der Waals surface area contributed by atoms with Gasteiger partial charge in [-0.2, -0.15) is 0 Å². The van der Waals surface area contributed by atoms with Crippen LogP contribution in [0.5, 0.6) is 0 Å². The van der Waals surface area contributed by atoms with E-state index in [9.17, 15) is 4.79 Å². The lowest BCUT2D eigenvalue weighted by Gasteiger charge is -2.18. The van der Waals surface area contributed by atoms with Crippen LogP contribution in [-0.2, 0) is 0 Å². The van der Waals surface area contributed by atoms with Crippen LogP contribution in [0.3, 0.4) is 0 Å². The Balaban J connectivity index is 1.82. The number of hydrogen-bond acceptors (Lipinski definition) is 3. The van der Waals surface area contributed by atoms with Crippen LogP contribution in [0.2, 0.25) is 0 Å². The molecule has 2 aromatic rings. The van der Waals surface area contributed by atoms with Crippen LogP contribution in [0.4, 0.5) is 0 Å². The van der Waals surface area contributed by atoms with Crippen molar-refractivity contribution in [3.05, 3.63) is 36.1 Å². The fourth-order valence-corrected chi connectivity index (χ4v) is 2.49. The van der Waals surface area contributed by atoms with Gasteiger partial charge in [0, 0.05) is 25.0 Å². The molecule has 0 radical (unpaired) electrons. The van der Waals surface area contributed by atoms with Gasteiger partial charge in [-0.15, -0.1) is 0 Å². The van der Waals surface area contributed by atoms with Gasteiger partial charge >= 0.3 is 0 Å². The van der Waals surface area contributed by atoms with Crippen molar-refractivity contribution in [2.45, 2.75) is 6.42 Å². The molecule has 4 nitrogen and oxygen atoms in total. The zero-order valence-electron chi connectivity index (χ0n) is 11.1. The molecule has 100 valence electrons. The molecule has 1 saturated heterocycles. The summed E-state index contributed by atoms with van der Waals surface area (Å²) in [6.45, 7) is 3.54. The minimum absolute atomic E-state index is 0.00602. The minimum Gasteiger partial charge on any atom is -0.451 e. The van der Waals surface area contributed by atoms with E-state index in [0.717, 1.165) is 43.6 Å². The van der Waals surface area contributed by atoms with Crippen LogP contribution >= 0.6 is 0 Å². The van der Waals surface area contributed by atoms with Gasteiger partial charge in [-0.05, 0) is 32.1 Å². The summed E-state index contributed by atoms with van der Waals surface area (Å²) in [5.41, 5.74) is 0.776. The smallest absolute Gasteiger partial charge is 0.289 e. The van der Waals surface area contributed by atoms with E-state index in [1.54, 1.807) is 0 Å². The van der Waals surface area contributed by atoms with Crippen molar-refractivity contribution in [3.8, 4) is 0 Å². The molecule has 0 spiro atoms. The number of rotatable bonds is 1. The summed E-state index contributed by atoms with van der Waals surface area (Å²) in [6.07, 6.45) is 1.02. The molecule has 1 aliphatic heterocycles. The molecule has 0 saturated carbocycles. The maximum atomic E-state index is 12.4. The molecule has 3 rings (SSSR count). The molecule has 0 N–H and O–H groups in total. The second-order valence-electron chi connectivity index (χ2n) is 5.10. The predicted octanol–water partition coefficient (Wildman–Crippen LogP) is 2.21. The number of amides is 1. The lowest BCUT2D eigenvalue weighted by atomic mass is 10.2. The molecule has 19 heavy (non-hydrogen) atoms. The lowest BCUT2D eigenvalue weighted by molar-refractivity contribution is 0.0733. The largest absolute Gasteiger partial charge is 0.451 e. The van der Waals surface area contributed by atoms with Crippen molar-refractivity contribution in [1.29, 1.82) is 0 Å². The molecule has 0 bridgehead atoms. The van der Waals surface area contributed by atoms with E-state index in [-0.39, 0.29) is 5.91 Å². The van der Waals surface area contributed by atoms with Crippen LogP contribution < -0.4 is 0 Å². The number of hydrogen-bond donors (Lipinski definition) is 0. The van der Waals surface area contributed by atoms with Gasteiger partial charge in [-0.3, -0.25) is 4.79 Å². The highest BCUT2D eigenvalue weighted by molar-refractivity contribution is 5.96. The van der Waals surface area contributed by atoms with Crippen LogP contribution in [0.25, 0.3) is 11.0 Å². The number of fused-ring (bicyclic) bond motifs is 1. The minimum atomic E-state index is 0.00602. The second-order valence-corrected chi connectivity index (χ2v) is 5.10. The quantitative estimate of drug-likeness (QED) is 0.787. The summed E-state index contributed by atoms with van der Waals surface area (Å²) >= 11 is 0. The number of para-hydroxylation sites is 1. The Kier molecular flexibility index (Phi) is 3.25. The fourth-order valence-electron chi connectivity index (χ4n) is 2.49.